The Bertz CT molecular complexity index is 393. The first-order valence-electron chi connectivity index (χ1n) is 5.82. The van der Waals surface area contributed by atoms with Crippen LogP contribution in [-0.4, -0.2) is 18.5 Å². The molecule has 0 radical (unpaired) electrons. The summed E-state index contributed by atoms with van der Waals surface area (Å²) in [6, 6.07) is 4.85. The lowest BCUT2D eigenvalue weighted by Gasteiger charge is -2.11. The Hall–Kier alpha value is -1.42. The molecule has 0 aromatic heterocycles. The van der Waals surface area contributed by atoms with Crippen LogP contribution < -0.4 is 10.6 Å². The number of amides is 1. The van der Waals surface area contributed by atoms with Crippen molar-refractivity contribution in [2.75, 3.05) is 11.9 Å². The zero-order valence-electron chi connectivity index (χ0n) is 10.5. The van der Waals surface area contributed by atoms with Gasteiger partial charge in [0.2, 0.25) is 5.91 Å². The summed E-state index contributed by atoms with van der Waals surface area (Å²) in [4.78, 5) is 11.6. The number of nitrogens with one attached hydrogen (secondary N) is 2. The van der Waals surface area contributed by atoms with Crippen LogP contribution in [0.2, 0.25) is 0 Å². The van der Waals surface area contributed by atoms with Crippen LogP contribution in [0, 0.1) is 12.7 Å². The molecule has 1 aromatic carbocycles. The van der Waals surface area contributed by atoms with Crippen molar-refractivity contribution in [3.8, 4) is 0 Å². The minimum atomic E-state index is -0.263. The normalized spacial score (nSPS) is 12.2. The number of carbonyl (C=O) groups is 1. The fourth-order valence-corrected chi connectivity index (χ4v) is 1.34. The number of hydrogen-bond donors (Lipinski definition) is 2. The van der Waals surface area contributed by atoms with Gasteiger partial charge in [0.15, 0.2) is 0 Å². The van der Waals surface area contributed by atoms with Gasteiger partial charge in [-0.15, -0.1) is 0 Å². The van der Waals surface area contributed by atoms with Gasteiger partial charge in [0.1, 0.15) is 5.82 Å². The van der Waals surface area contributed by atoms with Crippen LogP contribution >= 0.6 is 0 Å². The number of rotatable bonds is 5. The van der Waals surface area contributed by atoms with Crippen molar-refractivity contribution in [1.82, 2.24) is 5.32 Å². The molecule has 1 atom stereocenters. The van der Waals surface area contributed by atoms with E-state index in [9.17, 15) is 9.18 Å². The number of aryl methyl sites for hydroxylation is 1. The van der Waals surface area contributed by atoms with E-state index in [-0.39, 0.29) is 18.3 Å². The van der Waals surface area contributed by atoms with Crippen molar-refractivity contribution in [3.05, 3.63) is 29.6 Å². The Balaban J connectivity index is 2.48. The highest BCUT2D eigenvalue weighted by Gasteiger charge is 2.05. The standard InChI is InChI=1S/C13H19FN2O/c1-4-10(3)15-8-13(17)16-11-5-6-12(14)9(2)7-11/h5-7,10,15H,4,8H2,1-3H3,(H,16,17). The van der Waals surface area contributed by atoms with Gasteiger partial charge >= 0.3 is 0 Å². The van der Waals surface area contributed by atoms with Crippen LogP contribution in [0.1, 0.15) is 25.8 Å². The highest BCUT2D eigenvalue weighted by atomic mass is 19.1. The summed E-state index contributed by atoms with van der Waals surface area (Å²) in [6.07, 6.45) is 0.975. The van der Waals surface area contributed by atoms with E-state index in [1.54, 1.807) is 19.1 Å². The van der Waals surface area contributed by atoms with E-state index in [4.69, 9.17) is 0 Å². The van der Waals surface area contributed by atoms with Crippen LogP contribution in [0.25, 0.3) is 0 Å². The molecular weight excluding hydrogens is 219 g/mol. The van der Waals surface area contributed by atoms with E-state index in [0.717, 1.165) is 6.42 Å². The Kier molecular flexibility index (Phi) is 5.10. The smallest absolute Gasteiger partial charge is 0.238 e. The van der Waals surface area contributed by atoms with E-state index >= 15 is 0 Å². The molecule has 1 aromatic rings. The summed E-state index contributed by atoms with van der Waals surface area (Å²) in [5.74, 6) is -0.378. The molecule has 4 heteroatoms. The first-order valence-corrected chi connectivity index (χ1v) is 5.82. The maximum Gasteiger partial charge on any atom is 0.238 e. The van der Waals surface area contributed by atoms with Gasteiger partial charge in [-0.25, -0.2) is 4.39 Å². The largest absolute Gasteiger partial charge is 0.325 e. The molecule has 0 saturated carbocycles. The average molecular weight is 238 g/mol. The van der Waals surface area contributed by atoms with Gasteiger partial charge in [0.25, 0.3) is 0 Å². The van der Waals surface area contributed by atoms with Crippen molar-refractivity contribution in [2.45, 2.75) is 33.2 Å². The Morgan fingerprint density at radius 2 is 2.18 bits per heavy atom. The lowest BCUT2D eigenvalue weighted by molar-refractivity contribution is -0.115. The molecule has 3 nitrogen and oxygen atoms in total. The highest BCUT2D eigenvalue weighted by Crippen LogP contribution is 2.13. The minimum absolute atomic E-state index is 0.115. The van der Waals surface area contributed by atoms with Crippen LogP contribution in [0.4, 0.5) is 10.1 Å². The molecule has 0 saturated heterocycles. The maximum absolute atomic E-state index is 13.0. The summed E-state index contributed by atoms with van der Waals surface area (Å²) in [5, 5.41) is 5.81. The van der Waals surface area contributed by atoms with Gasteiger partial charge in [-0.05, 0) is 44.0 Å². The van der Waals surface area contributed by atoms with Crippen LogP contribution in [0.15, 0.2) is 18.2 Å². The molecule has 0 aliphatic carbocycles. The molecule has 0 bridgehead atoms. The van der Waals surface area contributed by atoms with Gasteiger partial charge in [-0.2, -0.15) is 0 Å². The lowest BCUT2D eigenvalue weighted by Crippen LogP contribution is -2.33. The maximum atomic E-state index is 13.0. The van der Waals surface area contributed by atoms with Crippen molar-refractivity contribution < 1.29 is 9.18 Å². The first kappa shape index (κ1) is 13.6. The summed E-state index contributed by atoms with van der Waals surface area (Å²) < 4.78 is 13.0. The van der Waals surface area contributed by atoms with Gasteiger partial charge in [-0.1, -0.05) is 6.92 Å². The minimum Gasteiger partial charge on any atom is -0.325 e. The van der Waals surface area contributed by atoms with Crippen molar-refractivity contribution in [3.63, 3.8) is 0 Å². The number of halogens is 1. The van der Waals surface area contributed by atoms with E-state index < -0.39 is 0 Å². The van der Waals surface area contributed by atoms with Crippen molar-refractivity contribution in [1.29, 1.82) is 0 Å². The van der Waals surface area contributed by atoms with Crippen LogP contribution in [-0.2, 0) is 4.79 Å². The molecule has 94 valence electrons. The third-order valence-electron chi connectivity index (χ3n) is 2.67. The molecule has 2 N–H and O–H groups in total. The van der Waals surface area contributed by atoms with Gasteiger partial charge in [0, 0.05) is 11.7 Å². The second kappa shape index (κ2) is 6.35. The third kappa shape index (κ3) is 4.53. The summed E-state index contributed by atoms with van der Waals surface area (Å²) in [7, 11) is 0. The van der Waals surface area contributed by atoms with E-state index in [0.29, 0.717) is 17.3 Å². The number of benzene rings is 1. The molecule has 0 aliphatic heterocycles. The monoisotopic (exact) mass is 238 g/mol. The fraction of sp³-hybridized carbons (Fsp3) is 0.462. The molecule has 0 heterocycles. The average Bonchev–Trinajstić information content (AvgIpc) is 2.31. The van der Waals surface area contributed by atoms with E-state index in [1.165, 1.54) is 6.07 Å². The van der Waals surface area contributed by atoms with Gasteiger partial charge in [-0.3, -0.25) is 4.79 Å². The van der Waals surface area contributed by atoms with E-state index in [1.807, 2.05) is 6.92 Å². The SMILES string of the molecule is CCC(C)NCC(=O)Nc1ccc(F)c(C)c1. The Labute approximate surface area is 101 Å². The third-order valence-corrected chi connectivity index (χ3v) is 2.67. The Morgan fingerprint density at radius 1 is 1.47 bits per heavy atom. The highest BCUT2D eigenvalue weighted by molar-refractivity contribution is 5.92. The summed E-state index contributed by atoms with van der Waals surface area (Å²) in [6.45, 7) is 6.02. The molecule has 1 amide bonds. The Morgan fingerprint density at radius 3 is 2.76 bits per heavy atom. The van der Waals surface area contributed by atoms with Crippen molar-refractivity contribution >= 4 is 11.6 Å². The molecule has 0 fully saturated rings. The van der Waals surface area contributed by atoms with E-state index in [2.05, 4.69) is 17.6 Å². The number of anilines is 1. The molecule has 0 aliphatic rings. The summed E-state index contributed by atoms with van der Waals surface area (Å²) >= 11 is 0. The second-order valence-electron chi connectivity index (χ2n) is 4.20. The molecule has 17 heavy (non-hydrogen) atoms. The zero-order valence-corrected chi connectivity index (χ0v) is 10.5. The van der Waals surface area contributed by atoms with Gasteiger partial charge in [0.05, 0.1) is 6.54 Å². The molecule has 1 rings (SSSR count). The zero-order chi connectivity index (χ0) is 12.8. The fourth-order valence-electron chi connectivity index (χ4n) is 1.34. The topological polar surface area (TPSA) is 41.1 Å². The van der Waals surface area contributed by atoms with Crippen LogP contribution in [0.5, 0.6) is 0 Å². The van der Waals surface area contributed by atoms with Crippen LogP contribution in [0.3, 0.4) is 0 Å². The molecule has 0 spiro atoms. The summed E-state index contributed by atoms with van der Waals surface area (Å²) in [5.41, 5.74) is 1.15. The number of hydrogen-bond acceptors (Lipinski definition) is 2. The molecular formula is C13H19FN2O. The predicted octanol–water partition coefficient (Wildman–Crippen LogP) is 2.46. The lowest BCUT2D eigenvalue weighted by atomic mass is 10.2. The quantitative estimate of drug-likeness (QED) is 0.827. The second-order valence-corrected chi connectivity index (χ2v) is 4.20. The number of carbonyl (C=O) groups excluding carboxylic acids is 1. The molecule has 1 unspecified atom stereocenters. The first-order chi connectivity index (χ1) is 8.02. The van der Waals surface area contributed by atoms with Gasteiger partial charge < -0.3 is 10.6 Å². The van der Waals surface area contributed by atoms with Crippen molar-refractivity contribution in [2.24, 2.45) is 0 Å². The predicted molar refractivity (Wildman–Crippen MR) is 67.5 cm³/mol.